The zero-order chi connectivity index (χ0) is 19.1. The number of hydrogen-bond acceptors (Lipinski definition) is 4. The highest BCUT2D eigenvalue weighted by Crippen LogP contribution is 2.34. The quantitative estimate of drug-likeness (QED) is 0.750. The number of nitrogens with one attached hydrogen (secondary N) is 1. The smallest absolute Gasteiger partial charge is 0.407 e. The lowest BCUT2D eigenvalue weighted by Gasteiger charge is -2.35. The summed E-state index contributed by atoms with van der Waals surface area (Å²) in [6.07, 6.45) is -1.28. The van der Waals surface area contributed by atoms with E-state index in [1.165, 1.54) is 24.1 Å². The standard InChI is InChI=1S/C17H22F2N2O5/c1-25-16(22)20-7-9-26-15(12-5-2-6-13(18)14(12)19)11-4-3-8-21(10-11)17(23)24/h2,5-6,11,15H,3-4,7-10H2,1H3,(H,20,22)(H,23,24)/t11?,15-/m1/s1. The van der Waals surface area contributed by atoms with Gasteiger partial charge >= 0.3 is 12.2 Å². The first-order valence-electron chi connectivity index (χ1n) is 8.29. The number of methoxy groups -OCH3 is 1. The van der Waals surface area contributed by atoms with E-state index in [0.717, 1.165) is 6.07 Å². The Morgan fingerprint density at radius 3 is 2.88 bits per heavy atom. The predicted octanol–water partition coefficient (Wildman–Crippen LogP) is 2.77. The Morgan fingerprint density at radius 2 is 2.19 bits per heavy atom. The van der Waals surface area contributed by atoms with Gasteiger partial charge in [-0.05, 0) is 18.9 Å². The van der Waals surface area contributed by atoms with Gasteiger partial charge in [0.05, 0.1) is 19.8 Å². The third kappa shape index (κ3) is 5.04. The molecule has 0 aromatic heterocycles. The molecule has 2 atom stereocenters. The number of piperidine rings is 1. The first kappa shape index (κ1) is 19.9. The number of benzene rings is 1. The molecule has 0 radical (unpaired) electrons. The minimum absolute atomic E-state index is 0.0410. The molecule has 1 aromatic carbocycles. The van der Waals surface area contributed by atoms with Crippen LogP contribution < -0.4 is 5.32 Å². The zero-order valence-corrected chi connectivity index (χ0v) is 14.4. The monoisotopic (exact) mass is 372 g/mol. The van der Waals surface area contributed by atoms with Crippen molar-refractivity contribution in [2.24, 2.45) is 5.92 Å². The van der Waals surface area contributed by atoms with Crippen LogP contribution in [0.1, 0.15) is 24.5 Å². The maximum absolute atomic E-state index is 14.3. The average Bonchev–Trinajstić information content (AvgIpc) is 2.64. The molecule has 144 valence electrons. The van der Waals surface area contributed by atoms with Crippen molar-refractivity contribution in [1.29, 1.82) is 0 Å². The highest BCUT2D eigenvalue weighted by molar-refractivity contribution is 5.66. The van der Waals surface area contributed by atoms with E-state index in [9.17, 15) is 23.5 Å². The normalized spacial score (nSPS) is 18.3. The maximum atomic E-state index is 14.3. The highest BCUT2D eigenvalue weighted by atomic mass is 19.2. The van der Waals surface area contributed by atoms with Gasteiger partial charge in [0.15, 0.2) is 11.6 Å². The molecule has 1 heterocycles. The summed E-state index contributed by atoms with van der Waals surface area (Å²) < 4.78 is 38.1. The molecule has 2 amide bonds. The SMILES string of the molecule is COC(=O)NCCO[C@@H](c1cccc(F)c1F)C1CCCN(C(=O)O)C1. The average molecular weight is 372 g/mol. The van der Waals surface area contributed by atoms with Crippen LogP contribution in [0.5, 0.6) is 0 Å². The van der Waals surface area contributed by atoms with Gasteiger partial charge < -0.3 is 24.8 Å². The van der Waals surface area contributed by atoms with Crippen LogP contribution >= 0.6 is 0 Å². The van der Waals surface area contributed by atoms with Gasteiger partial charge in [-0.3, -0.25) is 0 Å². The molecule has 1 unspecified atom stereocenters. The van der Waals surface area contributed by atoms with Crippen LogP contribution in [0.25, 0.3) is 0 Å². The fraction of sp³-hybridized carbons (Fsp3) is 0.529. The zero-order valence-electron chi connectivity index (χ0n) is 14.4. The topological polar surface area (TPSA) is 88.1 Å². The van der Waals surface area contributed by atoms with Crippen molar-refractivity contribution in [3.05, 3.63) is 35.4 Å². The van der Waals surface area contributed by atoms with Crippen molar-refractivity contribution in [3.8, 4) is 0 Å². The molecular formula is C17H22F2N2O5. The summed E-state index contributed by atoms with van der Waals surface area (Å²) in [4.78, 5) is 23.6. The van der Waals surface area contributed by atoms with E-state index in [0.29, 0.717) is 19.4 Å². The first-order chi connectivity index (χ1) is 12.4. The fourth-order valence-electron chi connectivity index (χ4n) is 3.06. The Bertz CT molecular complexity index is 644. The number of carbonyl (C=O) groups is 2. The van der Waals surface area contributed by atoms with E-state index in [-0.39, 0.29) is 31.2 Å². The molecule has 1 aliphatic rings. The van der Waals surface area contributed by atoms with E-state index in [2.05, 4.69) is 10.1 Å². The van der Waals surface area contributed by atoms with Crippen molar-refractivity contribution in [1.82, 2.24) is 10.2 Å². The summed E-state index contributed by atoms with van der Waals surface area (Å²) in [7, 11) is 1.23. The Kier molecular flexibility index (Phi) is 7.14. The molecule has 0 saturated carbocycles. The van der Waals surface area contributed by atoms with Crippen molar-refractivity contribution in [2.75, 3.05) is 33.4 Å². The van der Waals surface area contributed by atoms with Crippen LogP contribution in [0, 0.1) is 17.6 Å². The Balaban J connectivity index is 2.14. The van der Waals surface area contributed by atoms with Gasteiger partial charge in [0, 0.05) is 31.1 Å². The van der Waals surface area contributed by atoms with Crippen LogP contribution in [-0.2, 0) is 9.47 Å². The van der Waals surface area contributed by atoms with E-state index in [1.807, 2.05) is 0 Å². The Hall–Kier alpha value is -2.42. The van der Waals surface area contributed by atoms with Gasteiger partial charge in [-0.15, -0.1) is 0 Å². The van der Waals surface area contributed by atoms with Crippen LogP contribution in [0.4, 0.5) is 18.4 Å². The molecule has 1 aromatic rings. The molecule has 26 heavy (non-hydrogen) atoms. The summed E-state index contributed by atoms with van der Waals surface area (Å²) >= 11 is 0. The molecule has 0 spiro atoms. The fourth-order valence-corrected chi connectivity index (χ4v) is 3.06. The van der Waals surface area contributed by atoms with Crippen molar-refractivity contribution >= 4 is 12.2 Å². The molecule has 1 saturated heterocycles. The lowest BCUT2D eigenvalue weighted by Crippen LogP contribution is -2.41. The van der Waals surface area contributed by atoms with Gasteiger partial charge in [0.2, 0.25) is 0 Å². The molecule has 2 rings (SSSR count). The van der Waals surface area contributed by atoms with Gasteiger partial charge in [-0.1, -0.05) is 12.1 Å². The number of carboxylic acid groups (broad SMARTS) is 1. The van der Waals surface area contributed by atoms with Gasteiger partial charge in [0.25, 0.3) is 0 Å². The molecule has 2 N–H and O–H groups in total. The molecule has 1 aliphatic heterocycles. The first-order valence-corrected chi connectivity index (χ1v) is 8.29. The summed E-state index contributed by atoms with van der Waals surface area (Å²) in [6, 6.07) is 3.82. The molecule has 7 nitrogen and oxygen atoms in total. The van der Waals surface area contributed by atoms with Crippen molar-refractivity contribution in [2.45, 2.75) is 18.9 Å². The second-order valence-electron chi connectivity index (χ2n) is 5.98. The second kappa shape index (κ2) is 9.33. The maximum Gasteiger partial charge on any atom is 0.407 e. The molecule has 9 heteroatoms. The Labute approximate surface area is 149 Å². The molecule has 0 bridgehead atoms. The van der Waals surface area contributed by atoms with Gasteiger partial charge in [-0.2, -0.15) is 0 Å². The number of carbonyl (C=O) groups excluding carboxylic acids is 1. The number of rotatable bonds is 6. The molecular weight excluding hydrogens is 350 g/mol. The second-order valence-corrected chi connectivity index (χ2v) is 5.98. The number of nitrogens with zero attached hydrogens (tertiary/aromatic N) is 1. The number of halogens is 2. The van der Waals surface area contributed by atoms with Gasteiger partial charge in [-0.25, -0.2) is 18.4 Å². The van der Waals surface area contributed by atoms with Crippen molar-refractivity contribution < 1.29 is 33.0 Å². The van der Waals surface area contributed by atoms with Gasteiger partial charge in [0.1, 0.15) is 0 Å². The van der Waals surface area contributed by atoms with E-state index in [4.69, 9.17) is 4.74 Å². The van der Waals surface area contributed by atoms with E-state index < -0.39 is 29.9 Å². The minimum atomic E-state index is -1.06. The number of alkyl carbamates (subject to hydrolysis) is 1. The van der Waals surface area contributed by atoms with Crippen LogP contribution in [0.2, 0.25) is 0 Å². The molecule has 1 fully saturated rings. The Morgan fingerprint density at radius 1 is 1.42 bits per heavy atom. The highest BCUT2D eigenvalue weighted by Gasteiger charge is 2.33. The van der Waals surface area contributed by atoms with E-state index >= 15 is 0 Å². The summed E-state index contributed by atoms with van der Waals surface area (Å²) in [5.74, 6) is -2.32. The summed E-state index contributed by atoms with van der Waals surface area (Å²) in [5, 5.41) is 11.6. The number of likely N-dealkylation sites (tertiary alicyclic amines) is 1. The lowest BCUT2D eigenvalue weighted by molar-refractivity contribution is -0.0138. The lowest BCUT2D eigenvalue weighted by atomic mass is 9.88. The largest absolute Gasteiger partial charge is 0.465 e. The van der Waals surface area contributed by atoms with Crippen LogP contribution in [0.3, 0.4) is 0 Å². The third-order valence-electron chi connectivity index (χ3n) is 4.30. The number of hydrogen-bond donors (Lipinski definition) is 2. The predicted molar refractivity (Wildman–Crippen MR) is 87.8 cm³/mol. The minimum Gasteiger partial charge on any atom is -0.465 e. The summed E-state index contributed by atoms with van der Waals surface area (Å²) in [6.45, 7) is 0.725. The third-order valence-corrected chi connectivity index (χ3v) is 4.30. The molecule has 0 aliphatic carbocycles. The van der Waals surface area contributed by atoms with Crippen molar-refractivity contribution in [3.63, 3.8) is 0 Å². The number of ether oxygens (including phenoxy) is 2. The van der Waals surface area contributed by atoms with Crippen LogP contribution in [-0.4, -0.2) is 55.5 Å². The summed E-state index contributed by atoms with van der Waals surface area (Å²) in [5.41, 5.74) is 0.0420. The van der Waals surface area contributed by atoms with E-state index in [1.54, 1.807) is 0 Å². The number of amides is 2. The van der Waals surface area contributed by atoms with Crippen LogP contribution in [0.15, 0.2) is 18.2 Å².